The maximum absolute atomic E-state index is 12.8. The average molecular weight is 402 g/mol. The van der Waals surface area contributed by atoms with Gasteiger partial charge in [-0.1, -0.05) is 24.3 Å². The molecule has 10 heteroatoms. The van der Waals surface area contributed by atoms with E-state index in [1.54, 1.807) is 6.07 Å². The lowest BCUT2D eigenvalue weighted by Crippen LogP contribution is -2.21. The summed E-state index contributed by atoms with van der Waals surface area (Å²) in [6.07, 6.45) is -4.35. The van der Waals surface area contributed by atoms with E-state index in [1.165, 1.54) is 18.3 Å². The van der Waals surface area contributed by atoms with Crippen molar-refractivity contribution in [3.8, 4) is 0 Å². The minimum atomic E-state index is -4.57. The number of aliphatic carboxylic acids is 1. The molecule has 0 saturated carbocycles. The monoisotopic (exact) mass is 402 g/mol. The predicted molar refractivity (Wildman–Crippen MR) is 93.3 cm³/mol. The number of halogens is 3. The van der Waals surface area contributed by atoms with Crippen LogP contribution in [0.3, 0.4) is 0 Å². The molecular weight excluding hydrogens is 384 g/mol. The van der Waals surface area contributed by atoms with Gasteiger partial charge in [-0.3, -0.25) is 9.36 Å². The van der Waals surface area contributed by atoms with Crippen LogP contribution >= 0.6 is 7.37 Å². The lowest BCUT2D eigenvalue weighted by Gasteiger charge is -2.18. The number of benzene rings is 1. The van der Waals surface area contributed by atoms with Gasteiger partial charge in [0, 0.05) is 18.5 Å². The number of carbonyl (C=O) groups is 1. The maximum atomic E-state index is 12.8. The second-order valence-electron chi connectivity index (χ2n) is 6.22. The first-order chi connectivity index (χ1) is 12.5. The first-order valence-corrected chi connectivity index (χ1v) is 9.89. The largest absolute Gasteiger partial charge is 0.481 e. The molecule has 6 nitrogen and oxygen atoms in total. The highest BCUT2D eigenvalue weighted by Gasteiger charge is 2.32. The van der Waals surface area contributed by atoms with E-state index in [0.29, 0.717) is 5.56 Å². The van der Waals surface area contributed by atoms with Gasteiger partial charge in [0.1, 0.15) is 5.82 Å². The number of nitrogen functional groups attached to an aromatic ring is 1. The molecule has 27 heavy (non-hydrogen) atoms. The van der Waals surface area contributed by atoms with E-state index in [0.717, 1.165) is 18.2 Å². The first kappa shape index (κ1) is 20.9. The van der Waals surface area contributed by atoms with Crippen molar-refractivity contribution in [2.75, 3.05) is 11.9 Å². The molecule has 0 amide bonds. The molecule has 0 aliphatic carbocycles. The number of carboxylic acid groups (broad SMARTS) is 1. The molecule has 1 aromatic carbocycles. The third kappa shape index (κ3) is 6.37. The summed E-state index contributed by atoms with van der Waals surface area (Å²) >= 11 is 0. The second-order valence-corrected chi connectivity index (χ2v) is 8.59. The van der Waals surface area contributed by atoms with Gasteiger partial charge in [0.25, 0.3) is 0 Å². The Hall–Kier alpha value is -2.38. The lowest BCUT2D eigenvalue weighted by atomic mass is 10.0. The van der Waals surface area contributed by atoms with Gasteiger partial charge in [0.15, 0.2) is 0 Å². The Balaban J connectivity index is 2.13. The third-order valence-electron chi connectivity index (χ3n) is 3.87. The number of hydrogen-bond acceptors (Lipinski definition) is 4. The van der Waals surface area contributed by atoms with E-state index < -0.39 is 43.3 Å². The van der Waals surface area contributed by atoms with Crippen LogP contribution in [0.1, 0.15) is 16.7 Å². The fraction of sp³-hybridized carbons (Fsp3) is 0.294. The highest BCUT2D eigenvalue weighted by molar-refractivity contribution is 7.57. The number of anilines is 1. The van der Waals surface area contributed by atoms with Crippen LogP contribution in [0.15, 0.2) is 42.6 Å². The van der Waals surface area contributed by atoms with Crippen LogP contribution in [-0.4, -0.2) is 27.1 Å². The fourth-order valence-corrected chi connectivity index (χ4v) is 4.48. The van der Waals surface area contributed by atoms with Gasteiger partial charge >= 0.3 is 12.1 Å². The minimum absolute atomic E-state index is 0.0222. The van der Waals surface area contributed by atoms with Crippen molar-refractivity contribution in [1.29, 1.82) is 0 Å². The fourth-order valence-electron chi connectivity index (χ4n) is 2.61. The SMILES string of the molecule is Nc1ccc(CC(CP(=O)(O)Cc2cccc(C(F)(F)F)c2)C(=O)O)cn1. The predicted octanol–water partition coefficient (Wildman–Crippen LogP) is 3.40. The lowest BCUT2D eigenvalue weighted by molar-refractivity contribution is -0.141. The molecule has 0 saturated heterocycles. The maximum Gasteiger partial charge on any atom is 0.416 e. The molecule has 2 atom stereocenters. The Morgan fingerprint density at radius 3 is 2.48 bits per heavy atom. The Labute approximate surface area is 153 Å². The van der Waals surface area contributed by atoms with Gasteiger partial charge in [-0.25, -0.2) is 4.98 Å². The van der Waals surface area contributed by atoms with Crippen molar-refractivity contribution in [3.05, 3.63) is 59.3 Å². The molecule has 1 aromatic heterocycles. The third-order valence-corrected chi connectivity index (χ3v) is 5.74. The van der Waals surface area contributed by atoms with Crippen LogP contribution in [0.5, 0.6) is 0 Å². The molecule has 0 aliphatic heterocycles. The summed E-state index contributed by atoms with van der Waals surface area (Å²) in [6, 6.07) is 7.15. The van der Waals surface area contributed by atoms with Gasteiger partial charge in [0.05, 0.1) is 11.5 Å². The zero-order valence-corrected chi connectivity index (χ0v) is 15.0. The van der Waals surface area contributed by atoms with E-state index in [1.807, 2.05) is 0 Å². The van der Waals surface area contributed by atoms with Crippen LogP contribution < -0.4 is 5.73 Å². The van der Waals surface area contributed by atoms with Crippen molar-refractivity contribution in [2.24, 2.45) is 5.92 Å². The molecular formula is C17H18F3N2O4P. The number of rotatable bonds is 7. The minimum Gasteiger partial charge on any atom is -0.481 e. The van der Waals surface area contributed by atoms with E-state index in [-0.39, 0.29) is 17.8 Å². The van der Waals surface area contributed by atoms with Crippen molar-refractivity contribution < 1.29 is 32.5 Å². The van der Waals surface area contributed by atoms with Crippen molar-refractivity contribution in [3.63, 3.8) is 0 Å². The number of nitrogens with zero attached hydrogens (tertiary/aromatic N) is 1. The second kappa shape index (κ2) is 8.10. The summed E-state index contributed by atoms with van der Waals surface area (Å²) in [5.41, 5.74) is 5.07. The Morgan fingerprint density at radius 1 is 1.22 bits per heavy atom. The van der Waals surface area contributed by atoms with E-state index >= 15 is 0 Å². The quantitative estimate of drug-likeness (QED) is 0.612. The summed E-state index contributed by atoms with van der Waals surface area (Å²) in [6.45, 7) is 0. The number of nitrogens with two attached hydrogens (primary N) is 1. The summed E-state index contributed by atoms with van der Waals surface area (Å²) in [5, 5.41) is 9.34. The Bertz CT molecular complexity index is 856. The zero-order valence-electron chi connectivity index (χ0n) is 14.1. The van der Waals surface area contributed by atoms with Gasteiger partial charge in [-0.05, 0) is 29.7 Å². The first-order valence-electron chi connectivity index (χ1n) is 7.86. The average Bonchev–Trinajstić information content (AvgIpc) is 2.55. The van der Waals surface area contributed by atoms with Crippen molar-refractivity contribution >= 4 is 19.2 Å². The molecule has 0 fully saturated rings. The highest BCUT2D eigenvalue weighted by atomic mass is 31.2. The highest BCUT2D eigenvalue weighted by Crippen LogP contribution is 2.47. The number of aromatic nitrogens is 1. The number of hydrogen-bond donors (Lipinski definition) is 3. The van der Waals surface area contributed by atoms with Gasteiger partial charge in [0.2, 0.25) is 7.37 Å². The molecule has 0 radical (unpaired) electrons. The summed E-state index contributed by atoms with van der Waals surface area (Å²) in [7, 11) is -4.04. The van der Waals surface area contributed by atoms with Gasteiger partial charge in [-0.15, -0.1) is 0 Å². The van der Waals surface area contributed by atoms with Crippen molar-refractivity contribution in [2.45, 2.75) is 18.8 Å². The zero-order chi connectivity index (χ0) is 20.2. The van der Waals surface area contributed by atoms with E-state index in [9.17, 15) is 32.5 Å². The topological polar surface area (TPSA) is 114 Å². The molecule has 1 heterocycles. The summed E-state index contributed by atoms with van der Waals surface area (Å²) in [5.74, 6) is -2.20. The van der Waals surface area contributed by atoms with Crippen molar-refractivity contribution in [1.82, 2.24) is 4.98 Å². The molecule has 0 spiro atoms. The normalized spacial score (nSPS) is 15.1. The molecule has 2 aromatic rings. The van der Waals surface area contributed by atoms with Crippen LogP contribution in [0.4, 0.5) is 19.0 Å². The standard InChI is InChI=1S/C17H18F3N2O4P/c18-17(19,20)14-3-1-2-12(7-14)9-27(25,26)10-13(16(23)24)6-11-4-5-15(21)22-8-11/h1-5,7-8,13H,6,9-10H2,(H2,21,22)(H,23,24)(H,25,26). The summed E-state index contributed by atoms with van der Waals surface area (Å²) < 4.78 is 50.8. The van der Waals surface area contributed by atoms with Crippen LogP contribution in [-0.2, 0) is 28.1 Å². The molecule has 4 N–H and O–H groups in total. The smallest absolute Gasteiger partial charge is 0.416 e. The van der Waals surface area contributed by atoms with E-state index in [2.05, 4.69) is 4.98 Å². The Kier molecular flexibility index (Phi) is 6.28. The molecule has 0 aliphatic rings. The van der Waals surface area contributed by atoms with Crippen LogP contribution in [0.2, 0.25) is 0 Å². The van der Waals surface area contributed by atoms with E-state index in [4.69, 9.17) is 5.73 Å². The van der Waals surface area contributed by atoms with Gasteiger partial charge in [-0.2, -0.15) is 13.2 Å². The summed E-state index contributed by atoms with van der Waals surface area (Å²) in [4.78, 5) is 25.5. The number of alkyl halides is 3. The number of pyridine rings is 1. The van der Waals surface area contributed by atoms with Crippen LogP contribution in [0, 0.1) is 5.92 Å². The molecule has 2 unspecified atom stereocenters. The van der Waals surface area contributed by atoms with Crippen LogP contribution in [0.25, 0.3) is 0 Å². The Morgan fingerprint density at radius 2 is 1.93 bits per heavy atom. The molecule has 146 valence electrons. The molecule has 0 bridgehead atoms. The number of carboxylic acids is 1. The molecule has 2 rings (SSSR count). The van der Waals surface area contributed by atoms with Gasteiger partial charge < -0.3 is 15.7 Å².